The Bertz CT molecular complexity index is 1170. The topological polar surface area (TPSA) is 104 Å². The Morgan fingerprint density at radius 3 is 2.76 bits per heavy atom. The molecule has 0 aliphatic carbocycles. The smallest absolute Gasteiger partial charge is 0.404 e. The van der Waals surface area contributed by atoms with E-state index in [0.717, 1.165) is 46.0 Å². The van der Waals surface area contributed by atoms with Crippen LogP contribution in [0.15, 0.2) is 42.6 Å². The summed E-state index contributed by atoms with van der Waals surface area (Å²) in [5.74, 6) is 1.39. The number of aryl methyl sites for hydroxylation is 1. The van der Waals surface area contributed by atoms with E-state index in [0.29, 0.717) is 24.5 Å². The van der Waals surface area contributed by atoms with Gasteiger partial charge in [0.1, 0.15) is 22.6 Å². The summed E-state index contributed by atoms with van der Waals surface area (Å²) in [5, 5.41) is 21.3. The number of hydrogen-bond donors (Lipinski definition) is 2. The van der Waals surface area contributed by atoms with Gasteiger partial charge in [0, 0.05) is 18.3 Å². The third kappa shape index (κ3) is 6.72. The first-order valence-corrected chi connectivity index (χ1v) is 12.1. The highest BCUT2D eigenvalue weighted by Crippen LogP contribution is 2.36. The predicted octanol–water partition coefficient (Wildman–Crippen LogP) is 6.12. The van der Waals surface area contributed by atoms with Crippen LogP contribution in [0.2, 0.25) is 0 Å². The van der Waals surface area contributed by atoms with E-state index >= 15 is 0 Å². The summed E-state index contributed by atoms with van der Waals surface area (Å²) in [6.45, 7) is 6.93. The largest absolute Gasteiger partial charge is 0.494 e. The van der Waals surface area contributed by atoms with Crippen molar-refractivity contribution in [1.82, 2.24) is 10.3 Å². The maximum absolute atomic E-state index is 10.5. The van der Waals surface area contributed by atoms with Crippen molar-refractivity contribution in [2.24, 2.45) is 0 Å². The van der Waals surface area contributed by atoms with Crippen LogP contribution in [-0.2, 0) is 6.42 Å². The molecule has 0 aliphatic rings. The van der Waals surface area contributed by atoms with E-state index in [1.54, 1.807) is 11.3 Å². The second-order valence-electron chi connectivity index (χ2n) is 7.98. The Labute approximate surface area is 204 Å². The Kier molecular flexibility index (Phi) is 8.88. The van der Waals surface area contributed by atoms with Crippen molar-refractivity contribution in [1.29, 1.82) is 5.26 Å². The van der Waals surface area contributed by atoms with E-state index < -0.39 is 6.09 Å². The first kappa shape index (κ1) is 25.1. The van der Waals surface area contributed by atoms with Gasteiger partial charge in [-0.1, -0.05) is 6.92 Å². The van der Waals surface area contributed by atoms with Crippen molar-refractivity contribution in [3.8, 4) is 38.6 Å². The Morgan fingerprint density at radius 1 is 1.24 bits per heavy atom. The van der Waals surface area contributed by atoms with E-state index in [-0.39, 0.29) is 6.10 Å². The number of thiazole rings is 1. The molecule has 0 radical (unpaired) electrons. The lowest BCUT2D eigenvalue weighted by Gasteiger charge is -2.11. The van der Waals surface area contributed by atoms with Gasteiger partial charge in [0.15, 0.2) is 0 Å². The third-order valence-corrected chi connectivity index (χ3v) is 6.13. The second-order valence-corrected chi connectivity index (χ2v) is 9.01. The molecule has 2 N–H and O–H groups in total. The Balaban J connectivity index is 1.71. The lowest BCUT2D eigenvalue weighted by molar-refractivity contribution is 0.194. The lowest BCUT2D eigenvalue weighted by Crippen LogP contribution is -2.22. The molecule has 1 heterocycles. The maximum Gasteiger partial charge on any atom is 0.404 e. The van der Waals surface area contributed by atoms with Crippen molar-refractivity contribution in [2.75, 3.05) is 13.2 Å². The normalized spacial score (nSPS) is 10.7. The van der Waals surface area contributed by atoms with Gasteiger partial charge in [-0.25, -0.2) is 9.78 Å². The SMILES string of the molecule is CCc1cc(OCCCCNC(=O)O)ccc1-c1cnc(-c2ccc(OC(C)C)c(C#N)c2)s1. The monoisotopic (exact) mass is 479 g/mol. The highest BCUT2D eigenvalue weighted by molar-refractivity contribution is 7.18. The average Bonchev–Trinajstić information content (AvgIpc) is 3.31. The summed E-state index contributed by atoms with van der Waals surface area (Å²) in [6.07, 6.45) is 3.22. The zero-order valence-electron chi connectivity index (χ0n) is 19.6. The summed E-state index contributed by atoms with van der Waals surface area (Å²) in [7, 11) is 0. The van der Waals surface area contributed by atoms with Crippen LogP contribution < -0.4 is 14.8 Å². The fraction of sp³-hybridized carbons (Fsp3) is 0.346. The van der Waals surface area contributed by atoms with Gasteiger partial charge in [-0.2, -0.15) is 5.26 Å². The van der Waals surface area contributed by atoms with E-state index in [2.05, 4.69) is 35.4 Å². The molecule has 0 aliphatic heterocycles. The van der Waals surface area contributed by atoms with E-state index in [9.17, 15) is 10.1 Å². The Hall–Kier alpha value is -3.57. The second kappa shape index (κ2) is 12.1. The fourth-order valence-corrected chi connectivity index (χ4v) is 4.42. The van der Waals surface area contributed by atoms with Crippen molar-refractivity contribution in [3.63, 3.8) is 0 Å². The number of amides is 1. The minimum atomic E-state index is -1.00. The first-order chi connectivity index (χ1) is 16.4. The molecular weight excluding hydrogens is 450 g/mol. The molecule has 0 fully saturated rings. The molecule has 3 rings (SSSR count). The van der Waals surface area contributed by atoms with Gasteiger partial charge in [-0.3, -0.25) is 0 Å². The molecule has 2 aromatic carbocycles. The number of benzene rings is 2. The summed E-state index contributed by atoms with van der Waals surface area (Å²) < 4.78 is 11.6. The van der Waals surface area contributed by atoms with Gasteiger partial charge in [-0.15, -0.1) is 11.3 Å². The molecule has 0 unspecified atom stereocenters. The number of carboxylic acid groups (broad SMARTS) is 1. The zero-order valence-corrected chi connectivity index (χ0v) is 20.4. The number of ether oxygens (including phenoxy) is 2. The minimum Gasteiger partial charge on any atom is -0.494 e. The standard InChI is InChI=1S/C26H29N3O4S/c1-4-18-14-21(32-12-6-5-11-28-26(30)31)8-9-22(18)24-16-29-25(34-24)19-7-10-23(33-17(2)3)20(13-19)15-27/h7-10,13-14,16-17,28H,4-6,11-12H2,1-3H3,(H,30,31). The quantitative estimate of drug-likeness (QED) is 0.321. The van der Waals surface area contributed by atoms with Crippen LogP contribution in [0.5, 0.6) is 11.5 Å². The number of aromatic nitrogens is 1. The number of carbonyl (C=O) groups is 1. The van der Waals surface area contributed by atoms with Crippen LogP contribution in [0, 0.1) is 11.3 Å². The molecule has 34 heavy (non-hydrogen) atoms. The fourth-order valence-electron chi connectivity index (χ4n) is 3.44. The molecular formula is C26H29N3O4S. The lowest BCUT2D eigenvalue weighted by atomic mass is 10.0. The highest BCUT2D eigenvalue weighted by atomic mass is 32.1. The van der Waals surface area contributed by atoms with Gasteiger partial charge in [-0.05, 0) is 80.6 Å². The molecule has 0 saturated carbocycles. The molecule has 178 valence electrons. The molecule has 0 saturated heterocycles. The number of nitrogens with one attached hydrogen (secondary N) is 1. The summed E-state index contributed by atoms with van der Waals surface area (Å²) in [6, 6.07) is 13.9. The molecule has 1 amide bonds. The van der Waals surface area contributed by atoms with E-state index in [4.69, 9.17) is 14.6 Å². The first-order valence-electron chi connectivity index (χ1n) is 11.3. The third-order valence-electron chi connectivity index (χ3n) is 5.05. The number of nitriles is 1. The van der Waals surface area contributed by atoms with Gasteiger partial charge < -0.3 is 19.9 Å². The van der Waals surface area contributed by atoms with Gasteiger partial charge in [0.25, 0.3) is 0 Å². The van der Waals surface area contributed by atoms with E-state index in [1.165, 1.54) is 5.56 Å². The van der Waals surface area contributed by atoms with Crippen LogP contribution in [0.25, 0.3) is 21.0 Å². The summed E-state index contributed by atoms with van der Waals surface area (Å²) in [5.41, 5.74) is 3.67. The van der Waals surface area contributed by atoms with Crippen LogP contribution in [0.3, 0.4) is 0 Å². The van der Waals surface area contributed by atoms with Crippen molar-refractivity contribution in [3.05, 3.63) is 53.7 Å². The number of nitrogens with zero attached hydrogens (tertiary/aromatic N) is 2. The van der Waals surface area contributed by atoms with Crippen molar-refractivity contribution < 1.29 is 19.4 Å². The number of rotatable bonds is 11. The highest BCUT2D eigenvalue weighted by Gasteiger charge is 2.13. The molecule has 8 heteroatoms. The van der Waals surface area contributed by atoms with Crippen molar-refractivity contribution in [2.45, 2.75) is 46.1 Å². The molecule has 0 bridgehead atoms. The molecule has 0 atom stereocenters. The predicted molar refractivity (Wildman–Crippen MR) is 134 cm³/mol. The van der Waals surface area contributed by atoms with Crippen LogP contribution in [0.4, 0.5) is 4.79 Å². The van der Waals surface area contributed by atoms with Crippen LogP contribution in [-0.4, -0.2) is 35.4 Å². The van der Waals surface area contributed by atoms with Crippen molar-refractivity contribution >= 4 is 17.4 Å². The van der Waals surface area contributed by atoms with Gasteiger partial charge in [0.2, 0.25) is 0 Å². The summed E-state index contributed by atoms with van der Waals surface area (Å²) >= 11 is 1.59. The van der Waals surface area contributed by atoms with Gasteiger partial charge in [0.05, 0.1) is 23.2 Å². The number of unbranched alkanes of at least 4 members (excludes halogenated alkanes) is 1. The molecule has 1 aromatic heterocycles. The Morgan fingerprint density at radius 2 is 2.06 bits per heavy atom. The zero-order chi connectivity index (χ0) is 24.5. The average molecular weight is 480 g/mol. The maximum atomic E-state index is 10.5. The summed E-state index contributed by atoms with van der Waals surface area (Å²) in [4.78, 5) is 16.1. The molecule has 0 spiro atoms. The van der Waals surface area contributed by atoms with E-state index in [1.807, 2.05) is 44.3 Å². The van der Waals surface area contributed by atoms with Crippen LogP contribution >= 0.6 is 11.3 Å². The molecule has 7 nitrogen and oxygen atoms in total. The van der Waals surface area contributed by atoms with Crippen LogP contribution in [0.1, 0.15) is 44.7 Å². The molecule has 3 aromatic rings. The van der Waals surface area contributed by atoms with Gasteiger partial charge >= 0.3 is 6.09 Å². The minimum absolute atomic E-state index is 0.00206. The number of hydrogen-bond acceptors (Lipinski definition) is 6.